The summed E-state index contributed by atoms with van der Waals surface area (Å²) >= 11 is 1.04. The Labute approximate surface area is 112 Å². The fourth-order valence-corrected chi connectivity index (χ4v) is 1.74. The van der Waals surface area contributed by atoms with Gasteiger partial charge < -0.3 is 15.6 Å². The first-order valence-electron chi connectivity index (χ1n) is 5.92. The molecule has 0 spiro atoms. The summed E-state index contributed by atoms with van der Waals surface area (Å²) in [6, 6.07) is -0.666. The summed E-state index contributed by atoms with van der Waals surface area (Å²) in [5.41, 5.74) is 4.88. The van der Waals surface area contributed by atoms with Crippen LogP contribution in [-0.4, -0.2) is 41.2 Å². The molecule has 0 aromatic carbocycles. The van der Waals surface area contributed by atoms with Crippen molar-refractivity contribution >= 4 is 22.8 Å². The van der Waals surface area contributed by atoms with Crippen molar-refractivity contribution in [1.82, 2.24) is 0 Å². The molecule has 0 aliphatic rings. The van der Waals surface area contributed by atoms with Crippen molar-refractivity contribution in [3.63, 3.8) is 0 Å². The van der Waals surface area contributed by atoms with Crippen LogP contribution in [0.2, 0.25) is 0 Å². The number of carbonyl (C=O) groups excluding carboxylic acids is 2. The van der Waals surface area contributed by atoms with E-state index in [1.54, 1.807) is 13.8 Å². The molecule has 106 valence electrons. The quantitative estimate of drug-likeness (QED) is 0.669. The van der Waals surface area contributed by atoms with E-state index in [-0.39, 0.29) is 24.2 Å². The summed E-state index contributed by atoms with van der Waals surface area (Å²) in [6.45, 7) is 7.02. The number of carbonyl (C=O) groups is 2. The number of thioether (sulfide) groups is 1. The van der Waals surface area contributed by atoms with Gasteiger partial charge in [0, 0.05) is 5.75 Å². The second kappa shape index (κ2) is 7.76. The Bertz CT molecular complexity index is 292. The van der Waals surface area contributed by atoms with E-state index in [2.05, 4.69) is 0 Å². The number of aliphatic hydroxyl groups excluding tert-OH is 1. The summed E-state index contributed by atoms with van der Waals surface area (Å²) in [7, 11) is 0. The van der Waals surface area contributed by atoms with Gasteiger partial charge in [-0.3, -0.25) is 9.59 Å². The molecule has 0 fully saturated rings. The minimum atomic E-state index is -0.772. The molecule has 0 heterocycles. The lowest BCUT2D eigenvalue weighted by molar-refractivity contribution is -0.150. The van der Waals surface area contributed by atoms with Gasteiger partial charge in [0.1, 0.15) is 12.6 Å². The zero-order valence-electron chi connectivity index (χ0n) is 11.4. The molecule has 0 aliphatic carbocycles. The number of nitrogens with two attached hydrogens (primary N) is 1. The lowest BCUT2D eigenvalue weighted by Crippen LogP contribution is -2.39. The van der Waals surface area contributed by atoms with E-state index in [4.69, 9.17) is 15.6 Å². The van der Waals surface area contributed by atoms with Crippen LogP contribution in [0.25, 0.3) is 0 Å². The molecule has 1 atom stereocenters. The molecule has 0 saturated carbocycles. The Morgan fingerprint density at radius 1 is 1.39 bits per heavy atom. The van der Waals surface area contributed by atoms with Gasteiger partial charge in [-0.05, 0) is 19.8 Å². The van der Waals surface area contributed by atoms with E-state index in [1.165, 1.54) is 0 Å². The topological polar surface area (TPSA) is 89.6 Å². The van der Waals surface area contributed by atoms with Crippen LogP contribution in [0.3, 0.4) is 0 Å². The molecule has 3 N–H and O–H groups in total. The van der Waals surface area contributed by atoms with Crippen molar-refractivity contribution < 1.29 is 19.4 Å². The van der Waals surface area contributed by atoms with Gasteiger partial charge in [0.05, 0.1) is 12.0 Å². The first-order valence-corrected chi connectivity index (χ1v) is 6.91. The number of esters is 1. The van der Waals surface area contributed by atoms with Gasteiger partial charge in [-0.25, -0.2) is 0 Å². The van der Waals surface area contributed by atoms with Crippen LogP contribution < -0.4 is 5.73 Å². The lowest BCUT2D eigenvalue weighted by atomic mass is 9.97. The molecular weight excluding hydrogens is 254 g/mol. The van der Waals surface area contributed by atoms with Crippen molar-refractivity contribution in [3.05, 3.63) is 0 Å². The van der Waals surface area contributed by atoms with E-state index in [0.29, 0.717) is 5.75 Å². The zero-order chi connectivity index (χ0) is 14.3. The van der Waals surface area contributed by atoms with E-state index < -0.39 is 17.4 Å². The van der Waals surface area contributed by atoms with Gasteiger partial charge in [0.25, 0.3) is 0 Å². The average Bonchev–Trinajstić information content (AvgIpc) is 2.31. The Morgan fingerprint density at radius 3 is 2.39 bits per heavy atom. The second-order valence-corrected chi connectivity index (χ2v) is 6.19. The standard InChI is InChI=1S/C12H23NO4S/c1-8(2)9(13)10(15)17-7-12(3,4)11(16)18-6-5-14/h8-9,14H,5-7,13H2,1-4H3/t9-/m0/s1. The van der Waals surface area contributed by atoms with Crippen molar-refractivity contribution in [2.45, 2.75) is 33.7 Å². The maximum absolute atomic E-state index is 11.8. The number of rotatable bonds is 7. The number of aliphatic hydroxyl groups is 1. The van der Waals surface area contributed by atoms with Crippen LogP contribution >= 0.6 is 11.8 Å². The highest BCUT2D eigenvalue weighted by molar-refractivity contribution is 8.13. The maximum Gasteiger partial charge on any atom is 0.323 e. The van der Waals surface area contributed by atoms with Gasteiger partial charge in [-0.15, -0.1) is 0 Å². The van der Waals surface area contributed by atoms with Gasteiger partial charge in [-0.1, -0.05) is 25.6 Å². The Morgan fingerprint density at radius 2 is 1.94 bits per heavy atom. The van der Waals surface area contributed by atoms with E-state index in [9.17, 15) is 9.59 Å². The third-order valence-corrected chi connectivity index (χ3v) is 3.64. The van der Waals surface area contributed by atoms with Crippen LogP contribution in [0, 0.1) is 11.3 Å². The highest BCUT2D eigenvalue weighted by Gasteiger charge is 2.30. The highest BCUT2D eigenvalue weighted by atomic mass is 32.2. The SMILES string of the molecule is CC(C)[C@H](N)C(=O)OCC(C)(C)C(=O)SCCO. The monoisotopic (exact) mass is 277 g/mol. The van der Waals surface area contributed by atoms with E-state index in [0.717, 1.165) is 11.8 Å². The minimum absolute atomic E-state index is 0.0000719. The van der Waals surface area contributed by atoms with E-state index in [1.807, 2.05) is 13.8 Å². The van der Waals surface area contributed by atoms with Gasteiger partial charge in [-0.2, -0.15) is 0 Å². The maximum atomic E-state index is 11.8. The molecule has 0 radical (unpaired) electrons. The van der Waals surface area contributed by atoms with Gasteiger partial charge in [0.15, 0.2) is 5.12 Å². The molecule has 0 unspecified atom stereocenters. The molecular formula is C12H23NO4S. The summed E-state index contributed by atoms with van der Waals surface area (Å²) in [5.74, 6) is -0.139. The van der Waals surface area contributed by atoms with Crippen LogP contribution in [0.4, 0.5) is 0 Å². The lowest BCUT2D eigenvalue weighted by Gasteiger charge is -2.23. The summed E-state index contributed by atoms with van der Waals surface area (Å²) in [6.07, 6.45) is 0. The summed E-state index contributed by atoms with van der Waals surface area (Å²) in [4.78, 5) is 23.3. The molecule has 0 rings (SSSR count). The van der Waals surface area contributed by atoms with Crippen molar-refractivity contribution in [3.8, 4) is 0 Å². The van der Waals surface area contributed by atoms with Crippen LogP contribution in [0.15, 0.2) is 0 Å². The minimum Gasteiger partial charge on any atom is -0.463 e. The van der Waals surface area contributed by atoms with Crippen molar-refractivity contribution in [2.75, 3.05) is 19.0 Å². The summed E-state index contributed by atoms with van der Waals surface area (Å²) in [5, 5.41) is 8.55. The van der Waals surface area contributed by atoms with Crippen molar-refractivity contribution in [1.29, 1.82) is 0 Å². The first-order chi connectivity index (χ1) is 8.22. The van der Waals surface area contributed by atoms with Crippen LogP contribution in [0.5, 0.6) is 0 Å². The summed E-state index contributed by atoms with van der Waals surface area (Å²) < 4.78 is 5.07. The molecule has 5 nitrogen and oxygen atoms in total. The molecule has 0 aromatic heterocycles. The van der Waals surface area contributed by atoms with E-state index >= 15 is 0 Å². The average molecular weight is 277 g/mol. The molecule has 6 heteroatoms. The predicted molar refractivity (Wildman–Crippen MR) is 72.1 cm³/mol. The second-order valence-electron chi connectivity index (χ2n) is 5.12. The third-order valence-electron chi connectivity index (χ3n) is 2.44. The fourth-order valence-electron chi connectivity index (χ4n) is 1.01. The smallest absolute Gasteiger partial charge is 0.323 e. The van der Waals surface area contributed by atoms with Gasteiger partial charge in [0.2, 0.25) is 0 Å². The fraction of sp³-hybridized carbons (Fsp3) is 0.833. The van der Waals surface area contributed by atoms with Crippen LogP contribution in [0.1, 0.15) is 27.7 Å². The molecule has 18 heavy (non-hydrogen) atoms. The Kier molecular flexibility index (Phi) is 7.51. The predicted octanol–water partition coefficient (Wildman–Crippen LogP) is 0.791. The molecule has 0 aliphatic heterocycles. The molecule has 0 bridgehead atoms. The number of hydrogen-bond acceptors (Lipinski definition) is 6. The third kappa shape index (κ3) is 5.84. The highest BCUT2D eigenvalue weighted by Crippen LogP contribution is 2.24. The molecule has 0 amide bonds. The number of hydrogen-bond donors (Lipinski definition) is 2. The molecule has 0 aromatic rings. The Hall–Kier alpha value is -0.590. The normalized spacial score (nSPS) is 13.5. The van der Waals surface area contributed by atoms with Gasteiger partial charge >= 0.3 is 5.97 Å². The number of ether oxygens (including phenoxy) is 1. The largest absolute Gasteiger partial charge is 0.463 e. The molecule has 0 saturated heterocycles. The van der Waals surface area contributed by atoms with Crippen molar-refractivity contribution in [2.24, 2.45) is 17.1 Å². The van der Waals surface area contributed by atoms with Crippen LogP contribution in [-0.2, 0) is 14.3 Å². The Balaban J connectivity index is 4.25. The zero-order valence-corrected chi connectivity index (χ0v) is 12.3. The first kappa shape index (κ1) is 17.4.